The predicted molar refractivity (Wildman–Crippen MR) is 99.1 cm³/mol. The molecule has 3 saturated heterocycles. The third-order valence-corrected chi connectivity index (χ3v) is 5.68. The number of carbonyl (C=O) groups excluding carboxylic acids is 2. The Morgan fingerprint density at radius 1 is 1.23 bits per heavy atom. The van der Waals surface area contributed by atoms with E-state index in [0.29, 0.717) is 17.2 Å². The fraction of sp³-hybridized carbons (Fsp3) is 0.450. The second-order valence-electron chi connectivity index (χ2n) is 7.39. The minimum Gasteiger partial charge on any atom is -0.348 e. The van der Waals surface area contributed by atoms with Crippen molar-refractivity contribution in [2.24, 2.45) is 13.0 Å². The fourth-order valence-corrected chi connectivity index (χ4v) is 4.27. The Bertz CT molecular complexity index is 849. The topological polar surface area (TPSA) is 67.2 Å². The molecule has 2 aromatic rings. The zero-order chi connectivity index (χ0) is 18.3. The molecule has 0 radical (unpaired) electrons. The average molecular weight is 352 g/mol. The smallest absolute Gasteiger partial charge is 0.251 e. The Morgan fingerprint density at radius 3 is 2.65 bits per heavy atom. The van der Waals surface area contributed by atoms with Crippen LogP contribution in [-0.4, -0.2) is 52.0 Å². The second-order valence-corrected chi connectivity index (χ2v) is 7.39. The number of aromatic nitrogens is 2. The number of Topliss-reactive ketones (excluding diaryl/α,β-unsaturated/α-hetero) is 1. The summed E-state index contributed by atoms with van der Waals surface area (Å²) in [6, 6.07) is 7.68. The number of nitrogens with zero attached hydrogens (tertiary/aromatic N) is 3. The summed E-state index contributed by atoms with van der Waals surface area (Å²) in [6.07, 6.45) is 4.02. The minimum atomic E-state index is -0.0427. The SMILES string of the molecule is CC(=O)c1c(-c2cccc(C(=O)N[C@H]3CN4CCC3CC4)c2)cnn1C. The molecule has 2 bridgehead atoms. The van der Waals surface area contributed by atoms with Gasteiger partial charge in [0.05, 0.1) is 6.20 Å². The quantitative estimate of drug-likeness (QED) is 0.856. The third kappa shape index (κ3) is 3.05. The van der Waals surface area contributed by atoms with Gasteiger partial charge in [-0.15, -0.1) is 0 Å². The molecular weight excluding hydrogens is 328 g/mol. The van der Waals surface area contributed by atoms with Crippen molar-refractivity contribution < 1.29 is 9.59 Å². The molecule has 0 unspecified atom stereocenters. The average Bonchev–Trinajstić information content (AvgIpc) is 3.04. The molecule has 0 aliphatic carbocycles. The molecule has 1 atom stereocenters. The van der Waals surface area contributed by atoms with E-state index in [2.05, 4.69) is 15.3 Å². The Hall–Kier alpha value is -2.47. The highest BCUT2D eigenvalue weighted by atomic mass is 16.1. The van der Waals surface area contributed by atoms with E-state index in [0.717, 1.165) is 30.8 Å². The van der Waals surface area contributed by atoms with E-state index in [4.69, 9.17) is 0 Å². The molecule has 26 heavy (non-hydrogen) atoms. The van der Waals surface area contributed by atoms with Crippen LogP contribution in [0, 0.1) is 5.92 Å². The van der Waals surface area contributed by atoms with Crippen LogP contribution in [0.3, 0.4) is 0 Å². The maximum atomic E-state index is 12.8. The molecule has 1 aromatic heterocycles. The molecule has 1 aromatic carbocycles. The van der Waals surface area contributed by atoms with Gasteiger partial charge in [0.2, 0.25) is 0 Å². The molecule has 0 spiro atoms. The number of ketones is 1. The maximum absolute atomic E-state index is 12.8. The van der Waals surface area contributed by atoms with Crippen LogP contribution in [0.15, 0.2) is 30.5 Å². The summed E-state index contributed by atoms with van der Waals surface area (Å²) in [7, 11) is 1.75. The molecule has 5 rings (SSSR count). The molecule has 6 heteroatoms. The van der Waals surface area contributed by atoms with E-state index >= 15 is 0 Å². The van der Waals surface area contributed by atoms with Crippen LogP contribution in [0.1, 0.15) is 40.6 Å². The number of rotatable bonds is 4. The number of hydrogen-bond acceptors (Lipinski definition) is 4. The molecular formula is C20H24N4O2. The number of hydrogen-bond donors (Lipinski definition) is 1. The van der Waals surface area contributed by atoms with Crippen LogP contribution < -0.4 is 5.32 Å². The Morgan fingerprint density at radius 2 is 2.00 bits per heavy atom. The van der Waals surface area contributed by atoms with Gasteiger partial charge in [-0.1, -0.05) is 12.1 Å². The van der Waals surface area contributed by atoms with Gasteiger partial charge in [0.15, 0.2) is 5.78 Å². The summed E-state index contributed by atoms with van der Waals surface area (Å²) in [4.78, 5) is 27.1. The van der Waals surface area contributed by atoms with Crippen molar-refractivity contribution in [3.8, 4) is 11.1 Å². The highest BCUT2D eigenvalue weighted by Gasteiger charge is 2.35. The lowest BCUT2D eigenvalue weighted by atomic mass is 9.84. The summed E-state index contributed by atoms with van der Waals surface area (Å²) in [5.74, 6) is 0.510. The van der Waals surface area contributed by atoms with Crippen LogP contribution in [0.5, 0.6) is 0 Å². The van der Waals surface area contributed by atoms with Gasteiger partial charge in [-0.3, -0.25) is 14.3 Å². The first-order valence-corrected chi connectivity index (χ1v) is 9.19. The lowest BCUT2D eigenvalue weighted by molar-refractivity contribution is 0.0620. The van der Waals surface area contributed by atoms with E-state index in [1.807, 2.05) is 24.3 Å². The van der Waals surface area contributed by atoms with E-state index in [9.17, 15) is 9.59 Å². The van der Waals surface area contributed by atoms with Crippen molar-refractivity contribution in [3.63, 3.8) is 0 Å². The highest BCUT2D eigenvalue weighted by molar-refractivity contribution is 6.00. The molecule has 3 fully saturated rings. The zero-order valence-electron chi connectivity index (χ0n) is 15.2. The summed E-state index contributed by atoms with van der Waals surface area (Å²) in [5.41, 5.74) is 2.78. The Balaban J connectivity index is 1.56. The number of carbonyl (C=O) groups is 2. The predicted octanol–water partition coefficient (Wildman–Crippen LogP) is 2.11. The number of piperidine rings is 3. The fourth-order valence-electron chi connectivity index (χ4n) is 4.27. The highest BCUT2D eigenvalue weighted by Crippen LogP contribution is 2.28. The Kier molecular flexibility index (Phi) is 4.36. The van der Waals surface area contributed by atoms with Gasteiger partial charge in [-0.05, 0) is 49.5 Å². The largest absolute Gasteiger partial charge is 0.348 e. The number of nitrogens with one attached hydrogen (secondary N) is 1. The lowest BCUT2D eigenvalue weighted by Gasteiger charge is -2.44. The number of amides is 1. The van der Waals surface area contributed by atoms with Gasteiger partial charge in [-0.2, -0.15) is 5.10 Å². The number of aryl methyl sites for hydroxylation is 1. The molecule has 1 N–H and O–H groups in total. The van der Waals surface area contributed by atoms with E-state index in [1.165, 1.54) is 19.8 Å². The Labute approximate surface area is 153 Å². The van der Waals surface area contributed by atoms with Gasteiger partial charge in [0.1, 0.15) is 5.69 Å². The van der Waals surface area contributed by atoms with Gasteiger partial charge in [0, 0.05) is 37.7 Å². The van der Waals surface area contributed by atoms with Crippen molar-refractivity contribution >= 4 is 11.7 Å². The van der Waals surface area contributed by atoms with Gasteiger partial charge >= 0.3 is 0 Å². The second kappa shape index (κ2) is 6.68. The van der Waals surface area contributed by atoms with Crippen molar-refractivity contribution in [3.05, 3.63) is 41.7 Å². The van der Waals surface area contributed by atoms with Crippen LogP contribution >= 0.6 is 0 Å². The first kappa shape index (κ1) is 17.0. The number of fused-ring (bicyclic) bond motifs is 3. The normalized spacial score (nSPS) is 24.5. The van der Waals surface area contributed by atoms with Gasteiger partial charge in [0.25, 0.3) is 5.91 Å². The summed E-state index contributed by atoms with van der Waals surface area (Å²) in [6.45, 7) is 4.79. The molecule has 136 valence electrons. The van der Waals surface area contributed by atoms with Crippen molar-refractivity contribution in [1.29, 1.82) is 0 Å². The molecule has 1 amide bonds. The lowest BCUT2D eigenvalue weighted by Crippen LogP contribution is -2.57. The van der Waals surface area contributed by atoms with Crippen molar-refractivity contribution in [1.82, 2.24) is 20.0 Å². The van der Waals surface area contributed by atoms with Gasteiger partial charge < -0.3 is 10.2 Å². The van der Waals surface area contributed by atoms with E-state index in [1.54, 1.807) is 17.9 Å². The van der Waals surface area contributed by atoms with E-state index in [-0.39, 0.29) is 17.7 Å². The van der Waals surface area contributed by atoms with Crippen molar-refractivity contribution in [2.75, 3.05) is 19.6 Å². The van der Waals surface area contributed by atoms with Crippen LogP contribution in [-0.2, 0) is 7.05 Å². The summed E-state index contributed by atoms with van der Waals surface area (Å²) in [5, 5.41) is 7.42. The summed E-state index contributed by atoms with van der Waals surface area (Å²) < 4.78 is 1.58. The van der Waals surface area contributed by atoms with Crippen molar-refractivity contribution in [2.45, 2.75) is 25.8 Å². The maximum Gasteiger partial charge on any atom is 0.251 e. The zero-order valence-corrected chi connectivity index (χ0v) is 15.2. The van der Waals surface area contributed by atoms with Crippen LogP contribution in [0.2, 0.25) is 0 Å². The third-order valence-electron chi connectivity index (χ3n) is 5.68. The van der Waals surface area contributed by atoms with Crippen LogP contribution in [0.4, 0.5) is 0 Å². The first-order chi connectivity index (χ1) is 12.5. The van der Waals surface area contributed by atoms with E-state index < -0.39 is 0 Å². The monoisotopic (exact) mass is 352 g/mol. The molecule has 3 aliphatic heterocycles. The number of benzene rings is 1. The molecule has 3 aliphatic rings. The minimum absolute atomic E-state index is 0.0397. The molecule has 6 nitrogen and oxygen atoms in total. The summed E-state index contributed by atoms with van der Waals surface area (Å²) >= 11 is 0. The standard InChI is InChI=1S/C20H24N4O2/c1-13(25)19-17(11-21-23(19)2)15-4-3-5-16(10-15)20(26)22-18-12-24-8-6-14(18)7-9-24/h3-5,10-11,14,18H,6-9,12H2,1-2H3,(H,22,26)/t18-/m0/s1. The molecule has 4 heterocycles. The molecule has 0 saturated carbocycles. The first-order valence-electron chi connectivity index (χ1n) is 9.19. The van der Waals surface area contributed by atoms with Gasteiger partial charge in [-0.25, -0.2) is 0 Å². The van der Waals surface area contributed by atoms with Crippen LogP contribution in [0.25, 0.3) is 11.1 Å².